The van der Waals surface area contributed by atoms with Crippen molar-refractivity contribution in [2.45, 2.75) is 38.8 Å². The molecule has 0 radical (unpaired) electrons. The smallest absolute Gasteiger partial charge is 0.282 e. The molecule has 98 valence electrons. The van der Waals surface area contributed by atoms with Gasteiger partial charge in [0.25, 0.3) is 6.02 Å². The summed E-state index contributed by atoms with van der Waals surface area (Å²) in [5.41, 5.74) is 6.52. The molecule has 4 heteroatoms. The second-order valence-corrected chi connectivity index (χ2v) is 5.49. The Kier molecular flexibility index (Phi) is 3.45. The van der Waals surface area contributed by atoms with Gasteiger partial charge in [-0.15, -0.1) is 0 Å². The third kappa shape index (κ3) is 3.65. The molecule has 4 nitrogen and oxygen atoms in total. The molecule has 0 aromatic heterocycles. The first-order valence-electron chi connectivity index (χ1n) is 6.16. The topological polar surface area (TPSA) is 56.8 Å². The Morgan fingerprint density at radius 2 is 2.00 bits per heavy atom. The number of benzene rings is 1. The summed E-state index contributed by atoms with van der Waals surface area (Å²) >= 11 is 0. The van der Waals surface area contributed by atoms with Crippen LogP contribution in [0.15, 0.2) is 29.3 Å². The Morgan fingerprint density at radius 3 is 2.50 bits per heavy atom. The molecule has 1 aliphatic rings. The Hall–Kier alpha value is -1.71. The van der Waals surface area contributed by atoms with E-state index in [4.69, 9.17) is 15.2 Å². The molecule has 18 heavy (non-hydrogen) atoms. The maximum atomic E-state index is 5.77. The molecule has 0 saturated carbocycles. The fourth-order valence-electron chi connectivity index (χ4n) is 1.86. The van der Waals surface area contributed by atoms with Crippen LogP contribution >= 0.6 is 0 Å². The monoisotopic (exact) mass is 248 g/mol. The van der Waals surface area contributed by atoms with E-state index in [9.17, 15) is 0 Å². The molecule has 0 amide bonds. The maximum absolute atomic E-state index is 5.77. The van der Waals surface area contributed by atoms with Crippen LogP contribution in [-0.4, -0.2) is 24.3 Å². The fraction of sp³-hybridized carbons (Fsp3) is 0.500. The normalized spacial score (nSPS) is 19.3. The van der Waals surface area contributed by atoms with Crippen molar-refractivity contribution in [1.82, 2.24) is 0 Å². The molecule has 1 aromatic rings. The van der Waals surface area contributed by atoms with Crippen molar-refractivity contribution in [3.05, 3.63) is 29.8 Å². The lowest BCUT2D eigenvalue weighted by atomic mass is 10.1. The number of ether oxygens (including phenoxy) is 2. The molecule has 1 heterocycles. The van der Waals surface area contributed by atoms with E-state index in [0.29, 0.717) is 12.6 Å². The van der Waals surface area contributed by atoms with Gasteiger partial charge in [-0.2, -0.15) is 0 Å². The van der Waals surface area contributed by atoms with Crippen LogP contribution in [0.1, 0.15) is 26.3 Å². The summed E-state index contributed by atoms with van der Waals surface area (Å²) < 4.78 is 10.9. The van der Waals surface area contributed by atoms with E-state index in [-0.39, 0.29) is 11.6 Å². The van der Waals surface area contributed by atoms with Crippen LogP contribution in [0.4, 0.5) is 0 Å². The molecule has 1 atom stereocenters. The van der Waals surface area contributed by atoms with Gasteiger partial charge in [0.1, 0.15) is 18.0 Å². The van der Waals surface area contributed by atoms with Crippen molar-refractivity contribution in [3.8, 4) is 5.75 Å². The molecule has 1 unspecified atom stereocenters. The summed E-state index contributed by atoms with van der Waals surface area (Å²) in [5, 5.41) is 0. The Morgan fingerprint density at radius 1 is 1.33 bits per heavy atom. The van der Waals surface area contributed by atoms with Crippen molar-refractivity contribution in [3.63, 3.8) is 0 Å². The van der Waals surface area contributed by atoms with Crippen LogP contribution in [0, 0.1) is 0 Å². The predicted octanol–water partition coefficient (Wildman–Crippen LogP) is 2.12. The van der Waals surface area contributed by atoms with E-state index >= 15 is 0 Å². The number of nitrogens with two attached hydrogens (primary N) is 1. The first-order chi connectivity index (χ1) is 8.42. The molecular formula is C14H20N2O2. The minimum absolute atomic E-state index is 0.138. The summed E-state index contributed by atoms with van der Waals surface area (Å²) in [5.74, 6) is 0.886. The number of amidine groups is 1. The van der Waals surface area contributed by atoms with Gasteiger partial charge in [-0.25, -0.2) is 4.99 Å². The van der Waals surface area contributed by atoms with Gasteiger partial charge in [0.2, 0.25) is 0 Å². The highest BCUT2D eigenvalue weighted by Crippen LogP contribution is 2.19. The van der Waals surface area contributed by atoms with Gasteiger partial charge < -0.3 is 15.2 Å². The summed E-state index contributed by atoms with van der Waals surface area (Å²) in [7, 11) is 0. The van der Waals surface area contributed by atoms with Crippen molar-refractivity contribution in [1.29, 1.82) is 0 Å². The molecule has 0 spiro atoms. The largest absolute Gasteiger partial charge is 0.488 e. The van der Waals surface area contributed by atoms with E-state index in [1.807, 2.05) is 32.9 Å². The number of hydrogen-bond acceptors (Lipinski definition) is 4. The second-order valence-electron chi connectivity index (χ2n) is 5.49. The Balaban J connectivity index is 1.96. The van der Waals surface area contributed by atoms with Crippen LogP contribution in [0.2, 0.25) is 0 Å². The Bertz CT molecular complexity index is 432. The van der Waals surface area contributed by atoms with Crippen LogP contribution in [0.3, 0.4) is 0 Å². The zero-order valence-corrected chi connectivity index (χ0v) is 11.1. The molecular weight excluding hydrogens is 228 g/mol. The van der Waals surface area contributed by atoms with E-state index in [1.165, 1.54) is 5.56 Å². The van der Waals surface area contributed by atoms with Crippen LogP contribution in [0.5, 0.6) is 5.75 Å². The molecule has 0 bridgehead atoms. The molecule has 2 rings (SSSR count). The first kappa shape index (κ1) is 12.7. The number of nitrogens with zero attached hydrogens (tertiary/aromatic N) is 1. The molecule has 0 saturated heterocycles. The van der Waals surface area contributed by atoms with Gasteiger partial charge in [-0.3, -0.25) is 0 Å². The lowest BCUT2D eigenvalue weighted by molar-refractivity contribution is 0.131. The average molecular weight is 248 g/mol. The summed E-state index contributed by atoms with van der Waals surface area (Å²) in [4.78, 5) is 4.21. The summed E-state index contributed by atoms with van der Waals surface area (Å²) in [6.07, 6.45) is 0.844. The highest BCUT2D eigenvalue weighted by molar-refractivity contribution is 5.73. The third-order valence-corrected chi connectivity index (χ3v) is 2.55. The van der Waals surface area contributed by atoms with Crippen LogP contribution < -0.4 is 10.5 Å². The van der Waals surface area contributed by atoms with Gasteiger partial charge in [-0.05, 0) is 44.9 Å². The van der Waals surface area contributed by atoms with E-state index in [2.05, 4.69) is 17.1 Å². The quantitative estimate of drug-likeness (QED) is 0.891. The zero-order valence-electron chi connectivity index (χ0n) is 11.1. The van der Waals surface area contributed by atoms with E-state index in [1.54, 1.807) is 0 Å². The van der Waals surface area contributed by atoms with Gasteiger partial charge in [-0.1, -0.05) is 12.1 Å². The van der Waals surface area contributed by atoms with Gasteiger partial charge in [0.05, 0.1) is 6.04 Å². The van der Waals surface area contributed by atoms with E-state index in [0.717, 1.165) is 12.2 Å². The lowest BCUT2D eigenvalue weighted by Crippen LogP contribution is -2.22. The van der Waals surface area contributed by atoms with Crippen molar-refractivity contribution in [2.75, 3.05) is 6.61 Å². The molecule has 1 aromatic carbocycles. The van der Waals surface area contributed by atoms with Crippen molar-refractivity contribution < 1.29 is 9.47 Å². The lowest BCUT2D eigenvalue weighted by Gasteiger charge is -2.21. The second kappa shape index (κ2) is 4.88. The number of hydrogen-bond donors (Lipinski definition) is 1. The van der Waals surface area contributed by atoms with Crippen molar-refractivity contribution >= 4 is 6.02 Å². The minimum atomic E-state index is -0.167. The third-order valence-electron chi connectivity index (χ3n) is 2.55. The maximum Gasteiger partial charge on any atom is 0.282 e. The van der Waals surface area contributed by atoms with Crippen molar-refractivity contribution in [2.24, 2.45) is 10.7 Å². The SMILES string of the molecule is CC(C)(C)Oc1ccc(CC2COC(N)=N2)cc1. The van der Waals surface area contributed by atoms with Crippen LogP contribution in [-0.2, 0) is 11.2 Å². The van der Waals surface area contributed by atoms with Gasteiger partial charge >= 0.3 is 0 Å². The number of aliphatic imine (C=N–C) groups is 1. The average Bonchev–Trinajstić information content (AvgIpc) is 2.65. The highest BCUT2D eigenvalue weighted by atomic mass is 16.5. The van der Waals surface area contributed by atoms with Gasteiger partial charge in [0, 0.05) is 0 Å². The number of rotatable bonds is 3. The summed E-state index contributed by atoms with van der Waals surface area (Å²) in [6, 6.07) is 8.54. The van der Waals surface area contributed by atoms with Crippen LogP contribution in [0.25, 0.3) is 0 Å². The van der Waals surface area contributed by atoms with Gasteiger partial charge in [0.15, 0.2) is 0 Å². The molecule has 0 aliphatic carbocycles. The predicted molar refractivity (Wildman–Crippen MR) is 71.9 cm³/mol. The molecule has 0 fully saturated rings. The Labute approximate surface area is 108 Å². The minimum Gasteiger partial charge on any atom is -0.488 e. The standard InChI is InChI=1S/C14H20N2O2/c1-14(2,3)18-12-6-4-10(5-7-12)8-11-9-17-13(15)16-11/h4-7,11H,8-9H2,1-3H3,(H2,15,16). The summed E-state index contributed by atoms with van der Waals surface area (Å²) in [6.45, 7) is 6.68. The first-order valence-corrected chi connectivity index (χ1v) is 6.16. The molecule has 2 N–H and O–H groups in total. The highest BCUT2D eigenvalue weighted by Gasteiger charge is 2.17. The molecule has 1 aliphatic heterocycles. The zero-order chi connectivity index (χ0) is 13.2. The van der Waals surface area contributed by atoms with E-state index < -0.39 is 0 Å². The fourth-order valence-corrected chi connectivity index (χ4v) is 1.86.